The molecule has 1 aliphatic heterocycles. The van der Waals surface area contributed by atoms with Crippen LogP contribution in [0.2, 0.25) is 0 Å². The third-order valence-electron chi connectivity index (χ3n) is 4.29. The molecule has 0 radical (unpaired) electrons. The standard InChI is InChI=1S/C18H26F3N5O3/c1-3-22-16(25-14-6-9-26(10-7-14)17(27)28-2)23-8-11-29-15-5-4-13(12-24-15)18(19,20)21/h4-5,12,14H,3,6-11H2,1-2H3,(H2,22,23,25). The average Bonchev–Trinajstić information content (AvgIpc) is 2.71. The Balaban J connectivity index is 1.78. The minimum atomic E-state index is -4.42. The van der Waals surface area contributed by atoms with Crippen molar-refractivity contribution in [3.63, 3.8) is 0 Å². The Labute approximate surface area is 167 Å². The molecule has 2 rings (SSSR count). The number of aromatic nitrogens is 1. The van der Waals surface area contributed by atoms with Crippen molar-refractivity contribution in [2.24, 2.45) is 4.99 Å². The van der Waals surface area contributed by atoms with Gasteiger partial charge in [0.2, 0.25) is 5.88 Å². The van der Waals surface area contributed by atoms with E-state index < -0.39 is 11.7 Å². The number of guanidine groups is 1. The van der Waals surface area contributed by atoms with Crippen LogP contribution in [0.15, 0.2) is 23.3 Å². The summed E-state index contributed by atoms with van der Waals surface area (Å²) >= 11 is 0. The van der Waals surface area contributed by atoms with Gasteiger partial charge in [0.05, 0.1) is 19.2 Å². The number of aliphatic imine (C=N–C) groups is 1. The first kappa shape index (κ1) is 22.6. The second kappa shape index (κ2) is 10.7. The molecule has 0 spiro atoms. The van der Waals surface area contributed by atoms with Crippen LogP contribution < -0.4 is 15.4 Å². The van der Waals surface area contributed by atoms with Crippen LogP contribution in [0.3, 0.4) is 0 Å². The second-order valence-corrected chi connectivity index (χ2v) is 6.37. The molecule has 0 aliphatic carbocycles. The van der Waals surface area contributed by atoms with Crippen molar-refractivity contribution in [2.75, 3.05) is 39.9 Å². The lowest BCUT2D eigenvalue weighted by Gasteiger charge is -2.32. The number of pyridine rings is 1. The minimum Gasteiger partial charge on any atom is -0.476 e. The molecule has 1 aliphatic rings. The van der Waals surface area contributed by atoms with Gasteiger partial charge in [-0.05, 0) is 25.8 Å². The van der Waals surface area contributed by atoms with Gasteiger partial charge in [0.1, 0.15) is 6.61 Å². The molecule has 11 heteroatoms. The summed E-state index contributed by atoms with van der Waals surface area (Å²) < 4.78 is 47.6. The fourth-order valence-electron chi connectivity index (χ4n) is 2.79. The van der Waals surface area contributed by atoms with Gasteiger partial charge in [0, 0.05) is 37.9 Å². The Hall–Kier alpha value is -2.72. The highest BCUT2D eigenvalue weighted by atomic mass is 19.4. The lowest BCUT2D eigenvalue weighted by atomic mass is 10.1. The van der Waals surface area contributed by atoms with Gasteiger partial charge in [0.25, 0.3) is 0 Å². The molecule has 2 heterocycles. The Bertz CT molecular complexity index is 674. The van der Waals surface area contributed by atoms with E-state index in [1.165, 1.54) is 13.2 Å². The predicted octanol–water partition coefficient (Wildman–Crippen LogP) is 2.27. The number of alkyl halides is 3. The molecule has 0 bridgehead atoms. The summed E-state index contributed by atoms with van der Waals surface area (Å²) in [6.45, 7) is 4.31. The molecule has 1 aromatic rings. The lowest BCUT2D eigenvalue weighted by molar-refractivity contribution is -0.137. The zero-order chi connectivity index (χ0) is 21.3. The monoisotopic (exact) mass is 417 g/mol. The topological polar surface area (TPSA) is 88.1 Å². The molecule has 2 N–H and O–H groups in total. The largest absolute Gasteiger partial charge is 0.476 e. The third-order valence-corrected chi connectivity index (χ3v) is 4.29. The number of rotatable bonds is 6. The molecule has 0 aromatic carbocycles. The number of amides is 1. The summed E-state index contributed by atoms with van der Waals surface area (Å²) in [5, 5.41) is 6.46. The molecular weight excluding hydrogens is 391 g/mol. The van der Waals surface area contributed by atoms with E-state index in [0.717, 1.165) is 25.1 Å². The van der Waals surface area contributed by atoms with E-state index in [2.05, 4.69) is 20.6 Å². The Morgan fingerprint density at radius 2 is 2.07 bits per heavy atom. The van der Waals surface area contributed by atoms with Gasteiger partial charge in [-0.3, -0.25) is 0 Å². The molecule has 1 amide bonds. The zero-order valence-electron chi connectivity index (χ0n) is 16.5. The van der Waals surface area contributed by atoms with E-state index in [-0.39, 0.29) is 24.6 Å². The number of halogens is 3. The van der Waals surface area contributed by atoms with Crippen molar-refractivity contribution < 1.29 is 27.4 Å². The van der Waals surface area contributed by atoms with E-state index in [0.29, 0.717) is 32.1 Å². The van der Waals surface area contributed by atoms with E-state index in [4.69, 9.17) is 9.47 Å². The highest BCUT2D eigenvalue weighted by Crippen LogP contribution is 2.29. The van der Waals surface area contributed by atoms with Crippen LogP contribution >= 0.6 is 0 Å². The van der Waals surface area contributed by atoms with Crippen molar-refractivity contribution in [1.29, 1.82) is 0 Å². The number of carbonyl (C=O) groups is 1. The van der Waals surface area contributed by atoms with Gasteiger partial charge in [-0.25, -0.2) is 14.8 Å². The Morgan fingerprint density at radius 1 is 1.34 bits per heavy atom. The number of piperidine rings is 1. The Morgan fingerprint density at radius 3 is 2.62 bits per heavy atom. The first-order valence-electron chi connectivity index (χ1n) is 9.37. The summed E-state index contributed by atoms with van der Waals surface area (Å²) in [5.41, 5.74) is -0.820. The Kier molecular flexibility index (Phi) is 8.34. The van der Waals surface area contributed by atoms with Crippen LogP contribution in [-0.4, -0.2) is 67.9 Å². The fraction of sp³-hybridized carbons (Fsp3) is 0.611. The highest BCUT2D eigenvalue weighted by molar-refractivity contribution is 5.80. The van der Waals surface area contributed by atoms with Crippen molar-refractivity contribution in [2.45, 2.75) is 32.0 Å². The van der Waals surface area contributed by atoms with E-state index in [1.807, 2.05) is 6.92 Å². The van der Waals surface area contributed by atoms with Gasteiger partial charge in [0.15, 0.2) is 5.96 Å². The number of nitrogens with one attached hydrogen (secondary N) is 2. The average molecular weight is 417 g/mol. The van der Waals surface area contributed by atoms with Crippen LogP contribution in [0.25, 0.3) is 0 Å². The predicted molar refractivity (Wildman–Crippen MR) is 101 cm³/mol. The van der Waals surface area contributed by atoms with Crippen molar-refractivity contribution >= 4 is 12.1 Å². The number of methoxy groups -OCH3 is 1. The first-order chi connectivity index (χ1) is 13.8. The lowest BCUT2D eigenvalue weighted by Crippen LogP contribution is -2.49. The number of likely N-dealkylation sites (tertiary alicyclic amines) is 1. The molecular formula is C18H26F3N5O3. The van der Waals surface area contributed by atoms with Crippen molar-refractivity contribution in [1.82, 2.24) is 20.5 Å². The maximum atomic E-state index is 12.5. The maximum Gasteiger partial charge on any atom is 0.417 e. The number of carbonyl (C=O) groups excluding carboxylic acids is 1. The van der Waals surface area contributed by atoms with Gasteiger partial charge in [-0.15, -0.1) is 0 Å². The van der Waals surface area contributed by atoms with Gasteiger partial charge >= 0.3 is 12.3 Å². The van der Waals surface area contributed by atoms with E-state index >= 15 is 0 Å². The highest BCUT2D eigenvalue weighted by Gasteiger charge is 2.30. The molecule has 1 aromatic heterocycles. The summed E-state index contributed by atoms with van der Waals surface area (Å²) in [4.78, 5) is 21.3. The van der Waals surface area contributed by atoms with Crippen LogP contribution in [0.1, 0.15) is 25.3 Å². The number of hydrogen-bond donors (Lipinski definition) is 2. The van der Waals surface area contributed by atoms with Gasteiger partial charge in [-0.2, -0.15) is 13.2 Å². The number of ether oxygens (including phenoxy) is 2. The first-order valence-corrected chi connectivity index (χ1v) is 9.37. The summed E-state index contributed by atoms with van der Waals surface area (Å²) in [5.74, 6) is 0.731. The van der Waals surface area contributed by atoms with Crippen LogP contribution in [0, 0.1) is 0 Å². The molecule has 29 heavy (non-hydrogen) atoms. The van der Waals surface area contributed by atoms with Crippen LogP contribution in [0.5, 0.6) is 5.88 Å². The van der Waals surface area contributed by atoms with Crippen molar-refractivity contribution in [3.05, 3.63) is 23.9 Å². The summed E-state index contributed by atoms with van der Waals surface area (Å²) in [6, 6.07) is 2.29. The quantitative estimate of drug-likeness (QED) is 0.420. The molecule has 0 unspecified atom stereocenters. The number of hydrogen-bond acceptors (Lipinski definition) is 5. The maximum absolute atomic E-state index is 12.5. The molecule has 162 valence electrons. The van der Waals surface area contributed by atoms with Crippen LogP contribution in [0.4, 0.5) is 18.0 Å². The normalized spacial score (nSPS) is 15.8. The molecule has 1 saturated heterocycles. The molecule has 0 saturated carbocycles. The second-order valence-electron chi connectivity index (χ2n) is 6.37. The minimum absolute atomic E-state index is 0.112. The van der Waals surface area contributed by atoms with Gasteiger partial charge < -0.3 is 25.0 Å². The third kappa shape index (κ3) is 7.31. The summed E-state index contributed by atoms with van der Waals surface area (Å²) in [6.07, 6.45) is -2.46. The van der Waals surface area contributed by atoms with Crippen LogP contribution in [-0.2, 0) is 10.9 Å². The van der Waals surface area contributed by atoms with E-state index in [1.54, 1.807) is 4.90 Å². The fourth-order valence-corrected chi connectivity index (χ4v) is 2.79. The SMILES string of the molecule is CCNC(=NCCOc1ccc(C(F)(F)F)cn1)NC1CCN(C(=O)OC)CC1. The molecule has 8 nitrogen and oxygen atoms in total. The van der Waals surface area contributed by atoms with Crippen molar-refractivity contribution in [3.8, 4) is 5.88 Å². The summed E-state index contributed by atoms with van der Waals surface area (Å²) in [7, 11) is 1.37. The number of nitrogens with zero attached hydrogens (tertiary/aromatic N) is 3. The zero-order valence-corrected chi connectivity index (χ0v) is 16.5. The molecule has 1 fully saturated rings. The molecule has 0 atom stereocenters. The smallest absolute Gasteiger partial charge is 0.417 e. The van der Waals surface area contributed by atoms with E-state index in [9.17, 15) is 18.0 Å². The van der Waals surface area contributed by atoms with Gasteiger partial charge in [-0.1, -0.05) is 0 Å².